The van der Waals surface area contributed by atoms with E-state index in [1.165, 1.54) is 4.88 Å². The Morgan fingerprint density at radius 1 is 1.00 bits per heavy atom. The van der Waals surface area contributed by atoms with Crippen molar-refractivity contribution in [2.45, 2.75) is 19.7 Å². The number of halogens is 1. The van der Waals surface area contributed by atoms with Gasteiger partial charge in [0, 0.05) is 28.6 Å². The number of hydrogen-bond acceptors (Lipinski definition) is 4. The molecule has 0 bridgehead atoms. The number of nitrogens with one attached hydrogen (secondary N) is 1. The summed E-state index contributed by atoms with van der Waals surface area (Å²) >= 11 is 7.68. The zero-order valence-corrected chi connectivity index (χ0v) is 15.6. The highest BCUT2D eigenvalue weighted by atomic mass is 35.5. The molecule has 0 aliphatic rings. The van der Waals surface area contributed by atoms with Gasteiger partial charge in [-0.3, -0.25) is 0 Å². The average molecular weight is 374 g/mol. The number of methoxy groups -OCH3 is 1. The van der Waals surface area contributed by atoms with E-state index in [-0.39, 0.29) is 0 Å². The topological polar surface area (TPSA) is 30.5 Å². The zero-order chi connectivity index (χ0) is 17.5. The van der Waals surface area contributed by atoms with Crippen molar-refractivity contribution in [2.24, 2.45) is 0 Å². The summed E-state index contributed by atoms with van der Waals surface area (Å²) in [6.45, 7) is 2.02. The summed E-state index contributed by atoms with van der Waals surface area (Å²) in [6, 6.07) is 17.8. The van der Waals surface area contributed by atoms with Gasteiger partial charge in [-0.1, -0.05) is 41.9 Å². The van der Waals surface area contributed by atoms with Crippen molar-refractivity contribution in [3.63, 3.8) is 0 Å². The highest BCUT2D eigenvalue weighted by Crippen LogP contribution is 2.32. The van der Waals surface area contributed by atoms with Crippen molar-refractivity contribution in [1.82, 2.24) is 5.32 Å². The number of ether oxygens (including phenoxy) is 2. The summed E-state index contributed by atoms with van der Waals surface area (Å²) in [6.07, 6.45) is 0. The van der Waals surface area contributed by atoms with Crippen LogP contribution in [0.1, 0.15) is 16.0 Å². The van der Waals surface area contributed by atoms with Gasteiger partial charge in [-0.15, -0.1) is 11.3 Å². The van der Waals surface area contributed by atoms with E-state index in [0.29, 0.717) is 13.2 Å². The number of hydrogen-bond donors (Lipinski definition) is 1. The van der Waals surface area contributed by atoms with Gasteiger partial charge in [-0.05, 0) is 35.2 Å². The van der Waals surface area contributed by atoms with Gasteiger partial charge in [0.05, 0.1) is 7.11 Å². The zero-order valence-electron chi connectivity index (χ0n) is 14.0. The number of benzene rings is 2. The molecule has 0 spiro atoms. The lowest BCUT2D eigenvalue weighted by Crippen LogP contribution is -2.13. The maximum atomic E-state index is 6.07. The van der Waals surface area contributed by atoms with E-state index in [0.717, 1.165) is 34.2 Å². The Balaban J connectivity index is 1.68. The molecule has 0 fully saturated rings. The third-order valence-electron chi connectivity index (χ3n) is 3.77. The molecule has 25 heavy (non-hydrogen) atoms. The van der Waals surface area contributed by atoms with Gasteiger partial charge < -0.3 is 14.8 Å². The van der Waals surface area contributed by atoms with Crippen LogP contribution in [0.5, 0.6) is 11.5 Å². The third-order valence-corrected chi connectivity index (χ3v) is 4.90. The van der Waals surface area contributed by atoms with Crippen molar-refractivity contribution >= 4 is 22.9 Å². The monoisotopic (exact) mass is 373 g/mol. The van der Waals surface area contributed by atoms with Crippen LogP contribution in [-0.4, -0.2) is 7.11 Å². The second kappa shape index (κ2) is 8.90. The van der Waals surface area contributed by atoms with Crippen molar-refractivity contribution in [3.8, 4) is 11.5 Å². The minimum absolute atomic E-state index is 0.468. The Labute approximate surface area is 157 Å². The predicted molar refractivity (Wildman–Crippen MR) is 104 cm³/mol. The van der Waals surface area contributed by atoms with Gasteiger partial charge in [-0.2, -0.15) is 0 Å². The van der Waals surface area contributed by atoms with Gasteiger partial charge in [0.15, 0.2) is 11.5 Å². The van der Waals surface area contributed by atoms with Crippen molar-refractivity contribution < 1.29 is 9.47 Å². The van der Waals surface area contributed by atoms with E-state index in [1.807, 2.05) is 36.4 Å². The second-order valence-electron chi connectivity index (χ2n) is 5.55. The van der Waals surface area contributed by atoms with Gasteiger partial charge >= 0.3 is 0 Å². The minimum Gasteiger partial charge on any atom is -0.493 e. The number of para-hydroxylation sites is 1. The van der Waals surface area contributed by atoms with Gasteiger partial charge in [0.2, 0.25) is 0 Å². The van der Waals surface area contributed by atoms with Crippen LogP contribution >= 0.6 is 22.9 Å². The summed E-state index contributed by atoms with van der Waals surface area (Å²) in [4.78, 5) is 1.31. The van der Waals surface area contributed by atoms with E-state index < -0.39 is 0 Å². The molecule has 130 valence electrons. The summed E-state index contributed by atoms with van der Waals surface area (Å²) in [7, 11) is 1.66. The molecule has 1 heterocycles. The molecule has 0 atom stereocenters. The highest BCUT2D eigenvalue weighted by Gasteiger charge is 2.11. The maximum Gasteiger partial charge on any atom is 0.166 e. The van der Waals surface area contributed by atoms with Crippen molar-refractivity contribution in [1.29, 1.82) is 0 Å². The second-order valence-corrected chi connectivity index (χ2v) is 7.02. The molecule has 2 aromatic carbocycles. The largest absolute Gasteiger partial charge is 0.493 e. The highest BCUT2D eigenvalue weighted by molar-refractivity contribution is 7.09. The van der Waals surface area contributed by atoms with E-state index in [9.17, 15) is 0 Å². The number of thiophene rings is 1. The Bertz CT molecular complexity index is 788. The third kappa shape index (κ3) is 4.98. The first kappa shape index (κ1) is 17.8. The molecule has 3 aromatic rings. The molecule has 0 aliphatic heterocycles. The van der Waals surface area contributed by atoms with E-state index >= 15 is 0 Å². The number of rotatable bonds is 8. The molecular formula is C20H20ClNO2S. The SMILES string of the molecule is COc1cccc(CNCc2cccs2)c1OCc1ccc(Cl)cc1. The summed E-state index contributed by atoms with van der Waals surface area (Å²) in [5.41, 5.74) is 2.14. The van der Waals surface area contributed by atoms with Crippen LogP contribution in [0, 0.1) is 0 Å². The van der Waals surface area contributed by atoms with E-state index in [4.69, 9.17) is 21.1 Å². The van der Waals surface area contributed by atoms with Crippen LogP contribution < -0.4 is 14.8 Å². The van der Waals surface area contributed by atoms with Gasteiger partial charge in [-0.25, -0.2) is 0 Å². The minimum atomic E-state index is 0.468. The Hall–Kier alpha value is -2.01. The molecule has 1 aromatic heterocycles. The molecule has 0 saturated heterocycles. The maximum absolute atomic E-state index is 6.07. The fraction of sp³-hybridized carbons (Fsp3) is 0.200. The Morgan fingerprint density at radius 2 is 1.84 bits per heavy atom. The lowest BCUT2D eigenvalue weighted by molar-refractivity contribution is 0.280. The summed E-state index contributed by atoms with van der Waals surface area (Å²) in [5.74, 6) is 1.52. The molecule has 0 aliphatic carbocycles. The first-order chi connectivity index (χ1) is 12.3. The smallest absolute Gasteiger partial charge is 0.166 e. The lowest BCUT2D eigenvalue weighted by atomic mass is 10.1. The Kier molecular flexibility index (Phi) is 6.34. The molecular weight excluding hydrogens is 354 g/mol. The molecule has 0 radical (unpaired) electrons. The quantitative estimate of drug-likeness (QED) is 0.582. The normalized spacial score (nSPS) is 10.6. The molecule has 0 amide bonds. The predicted octanol–water partition coefficient (Wildman–Crippen LogP) is 5.28. The van der Waals surface area contributed by atoms with Gasteiger partial charge in [0.25, 0.3) is 0 Å². The molecule has 0 saturated carbocycles. The van der Waals surface area contributed by atoms with E-state index in [1.54, 1.807) is 18.4 Å². The molecule has 5 heteroatoms. The first-order valence-electron chi connectivity index (χ1n) is 8.02. The van der Waals surface area contributed by atoms with Crippen LogP contribution in [0.25, 0.3) is 0 Å². The van der Waals surface area contributed by atoms with Crippen LogP contribution in [0.15, 0.2) is 60.0 Å². The molecule has 1 N–H and O–H groups in total. The molecule has 3 nitrogen and oxygen atoms in total. The fourth-order valence-electron chi connectivity index (χ4n) is 2.49. The van der Waals surface area contributed by atoms with Crippen LogP contribution in [0.4, 0.5) is 0 Å². The van der Waals surface area contributed by atoms with Gasteiger partial charge in [0.1, 0.15) is 6.61 Å². The summed E-state index contributed by atoms with van der Waals surface area (Å²) in [5, 5.41) is 6.27. The molecule has 3 rings (SSSR count). The fourth-order valence-corrected chi connectivity index (χ4v) is 3.30. The first-order valence-corrected chi connectivity index (χ1v) is 9.28. The molecule has 0 unspecified atom stereocenters. The standard InChI is InChI=1S/C20H20ClNO2S/c1-23-19-6-2-4-16(12-22-13-18-5-3-11-25-18)20(19)24-14-15-7-9-17(21)10-8-15/h2-11,22H,12-14H2,1H3. The van der Waals surface area contributed by atoms with Crippen molar-refractivity contribution in [3.05, 3.63) is 81.0 Å². The average Bonchev–Trinajstić information content (AvgIpc) is 3.15. The van der Waals surface area contributed by atoms with Crippen LogP contribution in [-0.2, 0) is 19.7 Å². The van der Waals surface area contributed by atoms with Crippen LogP contribution in [0.3, 0.4) is 0 Å². The summed E-state index contributed by atoms with van der Waals surface area (Å²) < 4.78 is 11.5. The Morgan fingerprint density at radius 3 is 2.56 bits per heavy atom. The van der Waals surface area contributed by atoms with E-state index in [2.05, 4.69) is 28.9 Å². The lowest BCUT2D eigenvalue weighted by Gasteiger charge is -2.15. The van der Waals surface area contributed by atoms with Crippen molar-refractivity contribution in [2.75, 3.05) is 7.11 Å². The van der Waals surface area contributed by atoms with Crippen LogP contribution in [0.2, 0.25) is 5.02 Å².